The summed E-state index contributed by atoms with van der Waals surface area (Å²) >= 11 is 0. The molecule has 4 aromatic rings. The van der Waals surface area contributed by atoms with E-state index in [2.05, 4.69) is 15.4 Å². The Morgan fingerprint density at radius 1 is 1.04 bits per heavy atom. The summed E-state index contributed by atoms with van der Waals surface area (Å²) in [5, 5.41) is 8.44. The number of benzene rings is 2. The minimum absolute atomic E-state index is 0.0958. The topological polar surface area (TPSA) is 81.8 Å². The van der Waals surface area contributed by atoms with Gasteiger partial charge in [-0.3, -0.25) is 9.59 Å². The summed E-state index contributed by atoms with van der Waals surface area (Å²) in [7, 11) is 3.52. The summed E-state index contributed by atoms with van der Waals surface area (Å²) in [5.74, 6) is 0.612. The van der Waals surface area contributed by atoms with E-state index < -0.39 is 0 Å². The first-order chi connectivity index (χ1) is 13.0. The standard InChI is InChI=1S/C20H19N5O2/c1-24-17-10-6-5-9-15(17)22-18(24)12-21-19(26)11-16-13-7-3-4-8-14(13)20(27)25(2)23-16/h3-10H,11-12H2,1-2H3,(H,21,26). The number of carbonyl (C=O) groups is 1. The van der Waals surface area contributed by atoms with Crippen molar-refractivity contribution >= 4 is 27.7 Å². The van der Waals surface area contributed by atoms with Gasteiger partial charge in [0, 0.05) is 19.5 Å². The van der Waals surface area contributed by atoms with Crippen LogP contribution in [0.4, 0.5) is 0 Å². The smallest absolute Gasteiger partial charge is 0.274 e. The second-order valence-corrected chi connectivity index (χ2v) is 6.45. The van der Waals surface area contributed by atoms with Crippen LogP contribution in [0.15, 0.2) is 53.3 Å². The van der Waals surface area contributed by atoms with Gasteiger partial charge >= 0.3 is 0 Å². The fourth-order valence-electron chi connectivity index (χ4n) is 3.25. The molecule has 4 rings (SSSR count). The SMILES string of the molecule is Cn1nc(CC(=O)NCc2nc3ccccc3n2C)c2ccccc2c1=O. The number of nitrogens with zero attached hydrogens (tertiary/aromatic N) is 4. The summed E-state index contributed by atoms with van der Waals surface area (Å²) < 4.78 is 3.24. The Balaban J connectivity index is 1.55. The van der Waals surface area contributed by atoms with Crippen LogP contribution in [0.5, 0.6) is 0 Å². The molecule has 0 atom stereocenters. The summed E-state index contributed by atoms with van der Waals surface area (Å²) in [6.45, 7) is 0.327. The molecule has 0 spiro atoms. The number of hydrogen-bond acceptors (Lipinski definition) is 4. The molecule has 0 aliphatic rings. The van der Waals surface area contributed by atoms with Crippen molar-refractivity contribution in [1.82, 2.24) is 24.6 Å². The fraction of sp³-hybridized carbons (Fsp3) is 0.200. The van der Waals surface area contributed by atoms with Crippen molar-refractivity contribution in [2.45, 2.75) is 13.0 Å². The van der Waals surface area contributed by atoms with E-state index in [1.807, 2.05) is 48.0 Å². The number of amides is 1. The number of aromatic nitrogens is 4. The summed E-state index contributed by atoms with van der Waals surface area (Å²) in [6.07, 6.45) is 0.0958. The number of fused-ring (bicyclic) bond motifs is 2. The number of aryl methyl sites for hydroxylation is 2. The van der Waals surface area contributed by atoms with E-state index in [0.717, 1.165) is 16.9 Å². The quantitative estimate of drug-likeness (QED) is 0.600. The Labute approximate surface area is 155 Å². The van der Waals surface area contributed by atoms with Crippen LogP contribution in [0.1, 0.15) is 11.5 Å². The highest BCUT2D eigenvalue weighted by atomic mass is 16.1. The highest BCUT2D eigenvalue weighted by Gasteiger charge is 2.13. The van der Waals surface area contributed by atoms with Gasteiger partial charge in [0.2, 0.25) is 5.91 Å². The molecule has 2 heterocycles. The molecular formula is C20H19N5O2. The molecule has 0 fully saturated rings. The first kappa shape index (κ1) is 17.0. The zero-order valence-corrected chi connectivity index (χ0v) is 15.1. The third-order valence-electron chi connectivity index (χ3n) is 4.68. The predicted molar refractivity (Wildman–Crippen MR) is 103 cm³/mol. The van der Waals surface area contributed by atoms with Crippen LogP contribution in [-0.4, -0.2) is 25.2 Å². The van der Waals surface area contributed by atoms with Crippen molar-refractivity contribution < 1.29 is 4.79 Å². The number of rotatable bonds is 4. The van der Waals surface area contributed by atoms with Crippen molar-refractivity contribution in [3.63, 3.8) is 0 Å². The minimum atomic E-state index is -0.172. The van der Waals surface area contributed by atoms with Crippen molar-refractivity contribution in [2.24, 2.45) is 14.1 Å². The van der Waals surface area contributed by atoms with E-state index in [0.29, 0.717) is 23.0 Å². The first-order valence-electron chi connectivity index (χ1n) is 8.66. The zero-order chi connectivity index (χ0) is 19.0. The Morgan fingerprint density at radius 3 is 2.52 bits per heavy atom. The molecule has 0 radical (unpaired) electrons. The van der Waals surface area contributed by atoms with E-state index in [4.69, 9.17) is 0 Å². The lowest BCUT2D eigenvalue weighted by Gasteiger charge is -2.09. The van der Waals surface area contributed by atoms with Crippen LogP contribution in [0.3, 0.4) is 0 Å². The second-order valence-electron chi connectivity index (χ2n) is 6.45. The van der Waals surface area contributed by atoms with E-state index in [9.17, 15) is 9.59 Å². The highest BCUT2D eigenvalue weighted by Crippen LogP contribution is 2.15. The average molecular weight is 361 g/mol. The number of nitrogens with one attached hydrogen (secondary N) is 1. The zero-order valence-electron chi connectivity index (χ0n) is 15.1. The maximum Gasteiger partial charge on any atom is 0.274 e. The van der Waals surface area contributed by atoms with Crippen molar-refractivity contribution in [3.05, 3.63) is 70.4 Å². The van der Waals surface area contributed by atoms with Gasteiger partial charge in [-0.15, -0.1) is 0 Å². The lowest BCUT2D eigenvalue weighted by atomic mass is 10.1. The normalized spacial score (nSPS) is 11.2. The Hall–Kier alpha value is -3.48. The lowest BCUT2D eigenvalue weighted by molar-refractivity contribution is -0.120. The third-order valence-corrected chi connectivity index (χ3v) is 4.68. The van der Waals surface area contributed by atoms with Gasteiger partial charge in [0.25, 0.3) is 5.56 Å². The van der Waals surface area contributed by atoms with Gasteiger partial charge < -0.3 is 9.88 Å². The summed E-state index contributed by atoms with van der Waals surface area (Å²) in [6, 6.07) is 15.0. The largest absolute Gasteiger partial charge is 0.349 e. The third kappa shape index (κ3) is 3.08. The number of para-hydroxylation sites is 2. The lowest BCUT2D eigenvalue weighted by Crippen LogP contribution is -2.28. The molecular weight excluding hydrogens is 342 g/mol. The molecule has 7 nitrogen and oxygen atoms in total. The van der Waals surface area contributed by atoms with E-state index in [1.54, 1.807) is 19.2 Å². The van der Waals surface area contributed by atoms with Crippen molar-refractivity contribution in [1.29, 1.82) is 0 Å². The van der Waals surface area contributed by atoms with Gasteiger partial charge in [0.1, 0.15) is 5.82 Å². The van der Waals surface area contributed by atoms with Crippen molar-refractivity contribution in [3.8, 4) is 0 Å². The van der Waals surface area contributed by atoms with Gasteiger partial charge in [0.05, 0.1) is 35.1 Å². The first-order valence-corrected chi connectivity index (χ1v) is 8.66. The maximum atomic E-state index is 12.5. The molecule has 1 N–H and O–H groups in total. The monoisotopic (exact) mass is 361 g/mol. The maximum absolute atomic E-state index is 12.5. The van der Waals surface area contributed by atoms with Crippen LogP contribution in [-0.2, 0) is 31.9 Å². The van der Waals surface area contributed by atoms with E-state index >= 15 is 0 Å². The second kappa shape index (κ2) is 6.68. The molecule has 0 aliphatic carbocycles. The molecule has 136 valence electrons. The van der Waals surface area contributed by atoms with Gasteiger partial charge in [0.15, 0.2) is 0 Å². The molecule has 7 heteroatoms. The number of carbonyl (C=O) groups excluding carboxylic acids is 1. The van der Waals surface area contributed by atoms with Crippen LogP contribution in [0.2, 0.25) is 0 Å². The molecule has 0 unspecified atom stereocenters. The average Bonchev–Trinajstić information content (AvgIpc) is 3.00. The van der Waals surface area contributed by atoms with Gasteiger partial charge in [-0.1, -0.05) is 30.3 Å². The molecule has 0 aliphatic heterocycles. The van der Waals surface area contributed by atoms with Gasteiger partial charge in [-0.05, 0) is 18.2 Å². The Kier molecular flexibility index (Phi) is 4.19. The van der Waals surface area contributed by atoms with E-state index in [1.165, 1.54) is 4.68 Å². The van der Waals surface area contributed by atoms with Crippen LogP contribution in [0.25, 0.3) is 21.8 Å². The molecule has 0 saturated carbocycles. The minimum Gasteiger partial charge on any atom is -0.349 e. The molecule has 2 aromatic carbocycles. The Morgan fingerprint density at radius 2 is 1.74 bits per heavy atom. The molecule has 27 heavy (non-hydrogen) atoms. The summed E-state index contributed by atoms with van der Waals surface area (Å²) in [4.78, 5) is 29.2. The van der Waals surface area contributed by atoms with Gasteiger partial charge in [-0.2, -0.15) is 5.10 Å². The number of imidazole rings is 1. The molecule has 2 aromatic heterocycles. The van der Waals surface area contributed by atoms with Crippen molar-refractivity contribution in [2.75, 3.05) is 0 Å². The molecule has 0 bridgehead atoms. The van der Waals surface area contributed by atoms with E-state index in [-0.39, 0.29) is 17.9 Å². The predicted octanol–water partition coefficient (Wildman–Crippen LogP) is 1.68. The van der Waals surface area contributed by atoms with Crippen LogP contribution < -0.4 is 10.9 Å². The molecule has 0 saturated heterocycles. The van der Waals surface area contributed by atoms with Crippen LogP contribution in [0, 0.1) is 0 Å². The Bertz CT molecular complexity index is 1220. The fourth-order valence-corrected chi connectivity index (χ4v) is 3.25. The number of hydrogen-bond donors (Lipinski definition) is 1. The summed E-state index contributed by atoms with van der Waals surface area (Å²) in [5.41, 5.74) is 2.33. The highest BCUT2D eigenvalue weighted by molar-refractivity contribution is 5.88. The van der Waals surface area contributed by atoms with Crippen LogP contribution >= 0.6 is 0 Å². The molecule has 1 amide bonds. The van der Waals surface area contributed by atoms with Gasteiger partial charge in [-0.25, -0.2) is 9.67 Å².